The second-order valence-corrected chi connectivity index (χ2v) is 8.20. The van der Waals surface area contributed by atoms with E-state index in [-0.39, 0.29) is 5.91 Å². The highest BCUT2D eigenvalue weighted by Crippen LogP contribution is 2.38. The van der Waals surface area contributed by atoms with Gasteiger partial charge < -0.3 is 10.2 Å². The summed E-state index contributed by atoms with van der Waals surface area (Å²) in [4.78, 5) is 16.0. The SMILES string of the molecule is Cc1ccc(N(CCC(=O)Nc2sc3c(c2C#N)CCC3)C(C)C)cc1. The molecule has 5 heteroatoms. The molecule has 1 heterocycles. The van der Waals surface area contributed by atoms with Crippen molar-refractivity contribution in [3.8, 4) is 6.07 Å². The number of benzene rings is 1. The molecule has 0 radical (unpaired) electrons. The highest BCUT2D eigenvalue weighted by molar-refractivity contribution is 7.16. The first kappa shape index (κ1) is 18.5. The van der Waals surface area contributed by atoms with Crippen molar-refractivity contribution >= 4 is 27.9 Å². The molecule has 0 bridgehead atoms. The molecule has 136 valence electrons. The lowest BCUT2D eigenvalue weighted by Gasteiger charge is -2.29. The molecule has 0 unspecified atom stereocenters. The highest BCUT2D eigenvalue weighted by atomic mass is 32.1. The van der Waals surface area contributed by atoms with Crippen LogP contribution in [-0.2, 0) is 17.6 Å². The van der Waals surface area contributed by atoms with Gasteiger partial charge in [0.2, 0.25) is 5.91 Å². The first-order valence-electron chi connectivity index (χ1n) is 9.17. The first-order valence-corrected chi connectivity index (χ1v) is 9.99. The molecule has 1 aliphatic rings. The van der Waals surface area contributed by atoms with Gasteiger partial charge in [-0.1, -0.05) is 17.7 Å². The number of anilines is 2. The van der Waals surface area contributed by atoms with E-state index in [1.54, 1.807) is 11.3 Å². The van der Waals surface area contributed by atoms with E-state index < -0.39 is 0 Å². The Morgan fingerprint density at radius 3 is 2.69 bits per heavy atom. The minimum absolute atomic E-state index is 0.0285. The predicted molar refractivity (Wildman–Crippen MR) is 108 cm³/mol. The van der Waals surface area contributed by atoms with Crippen LogP contribution in [0.15, 0.2) is 24.3 Å². The zero-order valence-electron chi connectivity index (χ0n) is 15.6. The second-order valence-electron chi connectivity index (χ2n) is 7.09. The lowest BCUT2D eigenvalue weighted by molar-refractivity contribution is -0.116. The smallest absolute Gasteiger partial charge is 0.226 e. The molecule has 1 amide bonds. The van der Waals surface area contributed by atoms with Gasteiger partial charge in [-0.3, -0.25) is 4.79 Å². The number of nitrogens with one attached hydrogen (secondary N) is 1. The van der Waals surface area contributed by atoms with E-state index in [0.29, 0.717) is 24.6 Å². The standard InChI is InChI=1S/C21H25N3OS/c1-14(2)24(16-9-7-15(3)8-10-16)12-11-20(25)23-21-18(13-22)17-5-4-6-19(17)26-21/h7-10,14H,4-6,11-12H2,1-3H3,(H,23,25). The van der Waals surface area contributed by atoms with E-state index in [1.807, 2.05) is 0 Å². The third-order valence-electron chi connectivity index (χ3n) is 4.85. The highest BCUT2D eigenvalue weighted by Gasteiger charge is 2.23. The average molecular weight is 368 g/mol. The topological polar surface area (TPSA) is 56.1 Å². The van der Waals surface area contributed by atoms with Crippen LogP contribution in [0, 0.1) is 18.3 Å². The van der Waals surface area contributed by atoms with E-state index >= 15 is 0 Å². The molecule has 1 N–H and O–H groups in total. The van der Waals surface area contributed by atoms with Crippen LogP contribution < -0.4 is 10.2 Å². The van der Waals surface area contributed by atoms with Crippen molar-refractivity contribution in [1.29, 1.82) is 5.26 Å². The zero-order valence-corrected chi connectivity index (χ0v) is 16.4. The summed E-state index contributed by atoms with van der Waals surface area (Å²) in [5, 5.41) is 13.1. The summed E-state index contributed by atoms with van der Waals surface area (Å²) in [6.45, 7) is 6.99. The number of nitriles is 1. The van der Waals surface area contributed by atoms with Gasteiger partial charge in [0.15, 0.2) is 0 Å². The van der Waals surface area contributed by atoms with Gasteiger partial charge >= 0.3 is 0 Å². The summed E-state index contributed by atoms with van der Waals surface area (Å²) in [5.74, 6) is -0.0285. The Labute approximate surface area is 159 Å². The molecule has 2 aromatic rings. The van der Waals surface area contributed by atoms with Gasteiger partial charge in [-0.25, -0.2) is 0 Å². The normalized spacial score (nSPS) is 12.7. The molecule has 0 spiro atoms. The molecule has 0 saturated heterocycles. The lowest BCUT2D eigenvalue weighted by Crippen LogP contribution is -2.33. The third-order valence-corrected chi connectivity index (χ3v) is 6.06. The number of hydrogen-bond acceptors (Lipinski definition) is 4. The molecular formula is C21H25N3OS. The number of aryl methyl sites for hydroxylation is 2. The summed E-state index contributed by atoms with van der Waals surface area (Å²) in [6.07, 6.45) is 3.50. The molecule has 0 saturated carbocycles. The molecule has 0 atom stereocenters. The number of thiophene rings is 1. The molecule has 3 rings (SSSR count). The number of carbonyl (C=O) groups is 1. The second kappa shape index (κ2) is 7.92. The fourth-order valence-corrected chi connectivity index (χ4v) is 4.70. The fraction of sp³-hybridized carbons (Fsp3) is 0.429. The van der Waals surface area contributed by atoms with Gasteiger partial charge in [-0.15, -0.1) is 11.3 Å². The minimum Gasteiger partial charge on any atom is -0.369 e. The molecule has 1 aromatic heterocycles. The van der Waals surface area contributed by atoms with Crippen molar-refractivity contribution < 1.29 is 4.79 Å². The molecule has 4 nitrogen and oxygen atoms in total. The molecule has 0 fully saturated rings. The van der Waals surface area contributed by atoms with Crippen LogP contribution in [0.4, 0.5) is 10.7 Å². The Kier molecular flexibility index (Phi) is 5.63. The van der Waals surface area contributed by atoms with E-state index in [2.05, 4.69) is 61.3 Å². The van der Waals surface area contributed by atoms with Crippen LogP contribution in [0.1, 0.15) is 48.3 Å². The summed E-state index contributed by atoms with van der Waals surface area (Å²) in [6, 6.07) is 11.0. The number of carbonyl (C=O) groups excluding carboxylic acids is 1. The van der Waals surface area contributed by atoms with E-state index in [0.717, 1.165) is 35.5 Å². The Hall–Kier alpha value is -2.32. The van der Waals surface area contributed by atoms with Crippen LogP contribution in [0.25, 0.3) is 0 Å². The minimum atomic E-state index is -0.0285. The van der Waals surface area contributed by atoms with E-state index in [4.69, 9.17) is 0 Å². The van der Waals surface area contributed by atoms with E-state index in [9.17, 15) is 10.1 Å². The van der Waals surface area contributed by atoms with Gasteiger partial charge in [0.05, 0.1) is 5.56 Å². The van der Waals surface area contributed by atoms with Crippen LogP contribution in [0.3, 0.4) is 0 Å². The summed E-state index contributed by atoms with van der Waals surface area (Å²) in [5.41, 5.74) is 4.18. The van der Waals surface area contributed by atoms with Crippen molar-refractivity contribution in [3.05, 3.63) is 45.8 Å². The Morgan fingerprint density at radius 1 is 1.31 bits per heavy atom. The number of hydrogen-bond donors (Lipinski definition) is 1. The fourth-order valence-electron chi connectivity index (χ4n) is 3.44. The van der Waals surface area contributed by atoms with Gasteiger partial charge in [-0.2, -0.15) is 5.26 Å². The van der Waals surface area contributed by atoms with Crippen molar-refractivity contribution in [3.63, 3.8) is 0 Å². The maximum absolute atomic E-state index is 12.5. The van der Waals surface area contributed by atoms with Gasteiger partial charge in [0.1, 0.15) is 11.1 Å². The van der Waals surface area contributed by atoms with Crippen molar-refractivity contribution in [1.82, 2.24) is 0 Å². The predicted octanol–water partition coefficient (Wildman–Crippen LogP) is 4.66. The van der Waals surface area contributed by atoms with Crippen molar-refractivity contribution in [2.45, 2.75) is 52.5 Å². The van der Waals surface area contributed by atoms with Crippen LogP contribution >= 0.6 is 11.3 Å². The number of amides is 1. The molecule has 1 aromatic carbocycles. The largest absolute Gasteiger partial charge is 0.369 e. The van der Waals surface area contributed by atoms with Gasteiger partial charge in [0.25, 0.3) is 0 Å². The number of nitrogens with zero attached hydrogens (tertiary/aromatic N) is 2. The maximum Gasteiger partial charge on any atom is 0.226 e. The van der Waals surface area contributed by atoms with Crippen molar-refractivity contribution in [2.75, 3.05) is 16.8 Å². The molecular weight excluding hydrogens is 342 g/mol. The van der Waals surface area contributed by atoms with Gasteiger partial charge in [-0.05, 0) is 57.7 Å². The Morgan fingerprint density at radius 2 is 2.04 bits per heavy atom. The summed E-state index contributed by atoms with van der Waals surface area (Å²) >= 11 is 1.57. The van der Waals surface area contributed by atoms with Crippen LogP contribution in [-0.4, -0.2) is 18.5 Å². The molecule has 1 aliphatic carbocycles. The number of fused-ring (bicyclic) bond motifs is 1. The quantitative estimate of drug-likeness (QED) is 0.808. The average Bonchev–Trinajstić information content (AvgIpc) is 3.16. The van der Waals surface area contributed by atoms with E-state index in [1.165, 1.54) is 10.4 Å². The Balaban J connectivity index is 1.64. The number of rotatable bonds is 6. The zero-order chi connectivity index (χ0) is 18.7. The Bertz CT molecular complexity index is 830. The monoisotopic (exact) mass is 367 g/mol. The summed E-state index contributed by atoms with van der Waals surface area (Å²) < 4.78 is 0. The first-order chi connectivity index (χ1) is 12.5. The molecule has 0 aliphatic heterocycles. The van der Waals surface area contributed by atoms with Crippen LogP contribution in [0.5, 0.6) is 0 Å². The molecule has 26 heavy (non-hydrogen) atoms. The summed E-state index contributed by atoms with van der Waals surface area (Å²) in [7, 11) is 0. The van der Waals surface area contributed by atoms with Gasteiger partial charge in [0, 0.05) is 29.6 Å². The van der Waals surface area contributed by atoms with Crippen LogP contribution in [0.2, 0.25) is 0 Å². The lowest BCUT2D eigenvalue weighted by atomic mass is 10.1. The third kappa shape index (κ3) is 3.91. The maximum atomic E-state index is 12.5. The van der Waals surface area contributed by atoms with Crippen molar-refractivity contribution in [2.24, 2.45) is 0 Å².